The Bertz CT molecular complexity index is 869. The number of aromatic nitrogens is 5. The van der Waals surface area contributed by atoms with E-state index < -0.39 is 0 Å². The third kappa shape index (κ3) is 2.28. The van der Waals surface area contributed by atoms with Gasteiger partial charge in [-0.15, -0.1) is 0 Å². The molecule has 0 radical (unpaired) electrons. The molecule has 0 unspecified atom stereocenters. The lowest BCUT2D eigenvalue weighted by Gasteiger charge is -2.40. The second kappa shape index (κ2) is 5.33. The maximum Gasteiger partial charge on any atom is 0.154 e. The van der Waals surface area contributed by atoms with Crippen LogP contribution in [0.2, 0.25) is 0 Å². The summed E-state index contributed by atoms with van der Waals surface area (Å²) in [5.41, 5.74) is 2.38. The number of imidazole rings is 1. The van der Waals surface area contributed by atoms with E-state index in [9.17, 15) is 0 Å². The molecule has 1 aliphatic carbocycles. The van der Waals surface area contributed by atoms with Crippen molar-refractivity contribution in [3.8, 4) is 0 Å². The van der Waals surface area contributed by atoms with Gasteiger partial charge in [-0.25, -0.2) is 14.5 Å². The highest BCUT2D eigenvalue weighted by atomic mass is 15.3. The summed E-state index contributed by atoms with van der Waals surface area (Å²) >= 11 is 0. The summed E-state index contributed by atoms with van der Waals surface area (Å²) in [6.07, 6.45) is 11.4. The van der Waals surface area contributed by atoms with Crippen LogP contribution in [0.5, 0.6) is 0 Å². The summed E-state index contributed by atoms with van der Waals surface area (Å²) in [5.74, 6) is 3.60. The van der Waals surface area contributed by atoms with Crippen molar-refractivity contribution in [1.82, 2.24) is 24.1 Å². The van der Waals surface area contributed by atoms with Crippen LogP contribution in [0.15, 0.2) is 30.9 Å². The summed E-state index contributed by atoms with van der Waals surface area (Å²) in [7, 11) is 0. The van der Waals surface area contributed by atoms with E-state index >= 15 is 0 Å². The Hall–Kier alpha value is -2.37. The lowest BCUT2D eigenvalue weighted by atomic mass is 10.00. The third-order valence-corrected chi connectivity index (χ3v) is 5.21. The molecule has 0 aromatic carbocycles. The summed E-state index contributed by atoms with van der Waals surface area (Å²) in [6.45, 7) is 5.32. The fourth-order valence-electron chi connectivity index (χ4n) is 3.71. The van der Waals surface area contributed by atoms with Crippen molar-refractivity contribution in [2.75, 3.05) is 18.0 Å². The van der Waals surface area contributed by atoms with Crippen LogP contribution in [0.4, 0.5) is 5.82 Å². The second-order valence-corrected chi connectivity index (χ2v) is 7.04. The van der Waals surface area contributed by atoms with Gasteiger partial charge in [-0.2, -0.15) is 5.10 Å². The maximum absolute atomic E-state index is 4.72. The molecule has 6 nitrogen and oxygen atoms in total. The van der Waals surface area contributed by atoms with Gasteiger partial charge in [-0.1, -0.05) is 6.92 Å². The van der Waals surface area contributed by atoms with Crippen LogP contribution in [0.1, 0.15) is 37.2 Å². The SMILES string of the molecule is CCc1nccn1CC1CN(c2nccn3nc(C4CC4)cc23)C1. The number of hydrogen-bond donors (Lipinski definition) is 0. The number of hydrogen-bond acceptors (Lipinski definition) is 4. The Morgan fingerprint density at radius 3 is 2.75 bits per heavy atom. The molecule has 0 atom stereocenters. The number of nitrogens with zero attached hydrogens (tertiary/aromatic N) is 6. The Balaban J connectivity index is 1.33. The standard InChI is InChI=1S/C18H22N6/c1-2-17-19-5-7-22(17)10-13-11-23(12-13)18-16-9-15(14-3-4-14)21-24(16)8-6-20-18/h5-9,13-14H,2-4,10-12H2,1H3. The minimum atomic E-state index is 0.664. The molecule has 0 spiro atoms. The molecule has 1 saturated heterocycles. The minimum absolute atomic E-state index is 0.664. The minimum Gasteiger partial charge on any atom is -0.354 e. The summed E-state index contributed by atoms with van der Waals surface area (Å²) in [4.78, 5) is 11.4. The van der Waals surface area contributed by atoms with E-state index in [1.54, 1.807) is 0 Å². The normalized spacial score (nSPS) is 18.3. The van der Waals surface area contributed by atoms with Gasteiger partial charge < -0.3 is 9.47 Å². The molecule has 2 fully saturated rings. The van der Waals surface area contributed by atoms with E-state index in [2.05, 4.69) is 38.6 Å². The first kappa shape index (κ1) is 14.0. The zero-order chi connectivity index (χ0) is 16.1. The van der Waals surface area contributed by atoms with Crippen molar-refractivity contribution in [3.05, 3.63) is 42.4 Å². The molecular weight excluding hydrogens is 300 g/mol. The van der Waals surface area contributed by atoms with Crippen molar-refractivity contribution < 1.29 is 0 Å². The molecule has 0 amide bonds. The molecule has 1 aliphatic heterocycles. The third-order valence-electron chi connectivity index (χ3n) is 5.21. The van der Waals surface area contributed by atoms with Crippen LogP contribution in [0.3, 0.4) is 0 Å². The molecule has 1 saturated carbocycles. The van der Waals surface area contributed by atoms with Gasteiger partial charge in [0.1, 0.15) is 11.3 Å². The zero-order valence-electron chi connectivity index (χ0n) is 14.0. The van der Waals surface area contributed by atoms with E-state index in [-0.39, 0.29) is 0 Å². The van der Waals surface area contributed by atoms with Crippen molar-refractivity contribution in [3.63, 3.8) is 0 Å². The van der Waals surface area contributed by atoms with E-state index in [0.29, 0.717) is 11.8 Å². The quantitative estimate of drug-likeness (QED) is 0.724. The molecule has 3 aromatic rings. The van der Waals surface area contributed by atoms with E-state index in [4.69, 9.17) is 5.10 Å². The molecule has 4 heterocycles. The van der Waals surface area contributed by atoms with Gasteiger partial charge in [0.2, 0.25) is 0 Å². The van der Waals surface area contributed by atoms with E-state index in [1.165, 1.54) is 24.4 Å². The van der Waals surface area contributed by atoms with Crippen LogP contribution in [-0.4, -0.2) is 37.2 Å². The molecule has 5 rings (SSSR count). The largest absolute Gasteiger partial charge is 0.354 e. The lowest BCUT2D eigenvalue weighted by Crippen LogP contribution is -2.49. The Morgan fingerprint density at radius 2 is 1.96 bits per heavy atom. The van der Waals surface area contributed by atoms with Crippen LogP contribution < -0.4 is 4.90 Å². The van der Waals surface area contributed by atoms with Crippen molar-refractivity contribution in [1.29, 1.82) is 0 Å². The lowest BCUT2D eigenvalue weighted by molar-refractivity contribution is 0.351. The molecule has 0 bridgehead atoms. The van der Waals surface area contributed by atoms with Gasteiger partial charge in [-0.3, -0.25) is 0 Å². The van der Waals surface area contributed by atoms with Gasteiger partial charge in [0, 0.05) is 62.7 Å². The molecule has 0 N–H and O–H groups in total. The van der Waals surface area contributed by atoms with Gasteiger partial charge in [0.05, 0.1) is 5.69 Å². The smallest absolute Gasteiger partial charge is 0.154 e. The highest BCUT2D eigenvalue weighted by Gasteiger charge is 2.31. The number of fused-ring (bicyclic) bond motifs is 1. The fourth-order valence-corrected chi connectivity index (χ4v) is 3.71. The Morgan fingerprint density at radius 1 is 1.12 bits per heavy atom. The first-order valence-electron chi connectivity index (χ1n) is 8.91. The first-order chi connectivity index (χ1) is 11.8. The first-order valence-corrected chi connectivity index (χ1v) is 8.91. The predicted octanol–water partition coefficient (Wildman–Crippen LogP) is 2.50. The average molecular weight is 322 g/mol. The monoisotopic (exact) mass is 322 g/mol. The molecule has 2 aliphatic rings. The summed E-state index contributed by atoms with van der Waals surface area (Å²) in [5, 5.41) is 4.72. The fraction of sp³-hybridized carbons (Fsp3) is 0.500. The van der Waals surface area contributed by atoms with Gasteiger partial charge in [0.25, 0.3) is 0 Å². The molecule has 24 heavy (non-hydrogen) atoms. The number of aryl methyl sites for hydroxylation is 1. The topological polar surface area (TPSA) is 51.2 Å². The highest BCUT2D eigenvalue weighted by molar-refractivity contribution is 5.70. The van der Waals surface area contributed by atoms with Crippen molar-refractivity contribution in [2.45, 2.75) is 38.6 Å². The van der Waals surface area contributed by atoms with Crippen LogP contribution >= 0.6 is 0 Å². The number of anilines is 1. The zero-order valence-corrected chi connectivity index (χ0v) is 14.0. The summed E-state index contributed by atoms with van der Waals surface area (Å²) < 4.78 is 4.29. The van der Waals surface area contributed by atoms with Crippen molar-refractivity contribution in [2.24, 2.45) is 5.92 Å². The van der Waals surface area contributed by atoms with E-state index in [0.717, 1.165) is 37.4 Å². The van der Waals surface area contributed by atoms with Crippen LogP contribution in [-0.2, 0) is 13.0 Å². The van der Waals surface area contributed by atoms with Gasteiger partial charge >= 0.3 is 0 Å². The van der Waals surface area contributed by atoms with Crippen molar-refractivity contribution >= 4 is 11.3 Å². The van der Waals surface area contributed by atoms with Gasteiger partial charge in [-0.05, 0) is 18.9 Å². The Labute approximate surface area is 141 Å². The number of rotatable bonds is 5. The van der Waals surface area contributed by atoms with Crippen LogP contribution in [0, 0.1) is 5.92 Å². The predicted molar refractivity (Wildman–Crippen MR) is 92.3 cm³/mol. The Kier molecular flexibility index (Phi) is 3.11. The highest BCUT2D eigenvalue weighted by Crippen LogP contribution is 2.40. The summed E-state index contributed by atoms with van der Waals surface area (Å²) in [6, 6.07) is 2.23. The van der Waals surface area contributed by atoms with Crippen LogP contribution in [0.25, 0.3) is 5.52 Å². The maximum atomic E-state index is 4.72. The molecular formula is C18H22N6. The van der Waals surface area contributed by atoms with Gasteiger partial charge in [0.15, 0.2) is 5.82 Å². The molecule has 124 valence electrons. The average Bonchev–Trinajstić information content (AvgIpc) is 3.16. The molecule has 6 heteroatoms. The second-order valence-electron chi connectivity index (χ2n) is 7.04. The molecule has 3 aromatic heterocycles. The van der Waals surface area contributed by atoms with E-state index in [1.807, 2.05) is 23.1 Å².